The summed E-state index contributed by atoms with van der Waals surface area (Å²) in [5.41, 5.74) is 0.397. The molecule has 0 saturated heterocycles. The van der Waals surface area contributed by atoms with Gasteiger partial charge in [0.2, 0.25) is 5.91 Å². The number of methoxy groups -OCH3 is 2. The van der Waals surface area contributed by atoms with E-state index in [2.05, 4.69) is 16.9 Å². The molecule has 7 nitrogen and oxygen atoms in total. The van der Waals surface area contributed by atoms with Gasteiger partial charge in [-0.05, 0) is 24.6 Å². The van der Waals surface area contributed by atoms with Crippen molar-refractivity contribution in [3.8, 4) is 11.5 Å². The van der Waals surface area contributed by atoms with Crippen LogP contribution in [0.25, 0.3) is 10.2 Å². The van der Waals surface area contributed by atoms with Gasteiger partial charge in [-0.25, -0.2) is 4.98 Å². The fraction of sp³-hybridized carbons (Fsp3) is 0.286. The fourth-order valence-electron chi connectivity index (χ4n) is 2.85. The van der Waals surface area contributed by atoms with E-state index >= 15 is 0 Å². The number of aromatic nitrogens is 2. The van der Waals surface area contributed by atoms with Crippen LogP contribution in [0.15, 0.2) is 46.9 Å². The van der Waals surface area contributed by atoms with E-state index in [4.69, 9.17) is 9.47 Å². The van der Waals surface area contributed by atoms with E-state index in [0.29, 0.717) is 39.1 Å². The Kier molecular flexibility index (Phi) is 7.17. The molecular formula is C21H23N3O4S2. The summed E-state index contributed by atoms with van der Waals surface area (Å²) in [6, 6.07) is 7.06. The molecule has 0 saturated carbocycles. The first-order valence-corrected chi connectivity index (χ1v) is 11.1. The number of rotatable bonds is 9. The molecule has 0 fully saturated rings. The van der Waals surface area contributed by atoms with Crippen LogP contribution in [0, 0.1) is 0 Å². The largest absolute Gasteiger partial charge is 0.497 e. The molecule has 0 atom stereocenters. The van der Waals surface area contributed by atoms with E-state index in [-0.39, 0.29) is 17.2 Å². The van der Waals surface area contributed by atoms with Gasteiger partial charge < -0.3 is 14.8 Å². The monoisotopic (exact) mass is 445 g/mol. The van der Waals surface area contributed by atoms with Crippen molar-refractivity contribution in [1.29, 1.82) is 0 Å². The molecule has 2 aromatic heterocycles. The Hall–Kier alpha value is -2.78. The van der Waals surface area contributed by atoms with Crippen molar-refractivity contribution < 1.29 is 14.3 Å². The summed E-state index contributed by atoms with van der Waals surface area (Å²) in [6.07, 6.45) is 2.49. The van der Waals surface area contributed by atoms with Crippen molar-refractivity contribution in [2.24, 2.45) is 0 Å². The number of hydrogen-bond donors (Lipinski definition) is 1. The highest BCUT2D eigenvalue weighted by molar-refractivity contribution is 7.99. The fourth-order valence-corrected chi connectivity index (χ4v) is 4.67. The molecule has 9 heteroatoms. The first-order valence-electron chi connectivity index (χ1n) is 9.29. The molecule has 1 N–H and O–H groups in total. The van der Waals surface area contributed by atoms with Crippen molar-refractivity contribution in [3.63, 3.8) is 0 Å². The van der Waals surface area contributed by atoms with Gasteiger partial charge in [0, 0.05) is 17.5 Å². The minimum atomic E-state index is -0.244. The van der Waals surface area contributed by atoms with Crippen molar-refractivity contribution in [3.05, 3.63) is 52.2 Å². The zero-order valence-corrected chi connectivity index (χ0v) is 18.7. The highest BCUT2D eigenvalue weighted by atomic mass is 32.2. The molecule has 0 spiro atoms. The Labute approximate surface area is 182 Å². The Bertz CT molecular complexity index is 1140. The van der Waals surface area contributed by atoms with E-state index in [0.717, 1.165) is 11.3 Å². The first kappa shape index (κ1) is 21.9. The Morgan fingerprint density at radius 3 is 2.80 bits per heavy atom. The minimum Gasteiger partial charge on any atom is -0.497 e. The van der Waals surface area contributed by atoms with Crippen LogP contribution in [0.1, 0.15) is 11.8 Å². The summed E-state index contributed by atoms with van der Waals surface area (Å²) in [7, 11) is 3.09. The van der Waals surface area contributed by atoms with Crippen LogP contribution in [-0.2, 0) is 17.8 Å². The predicted octanol–water partition coefficient (Wildman–Crippen LogP) is 3.95. The van der Waals surface area contributed by atoms with E-state index in [1.807, 2.05) is 13.0 Å². The van der Waals surface area contributed by atoms with Crippen molar-refractivity contribution >= 4 is 44.9 Å². The Morgan fingerprint density at radius 1 is 1.33 bits per heavy atom. The van der Waals surface area contributed by atoms with E-state index < -0.39 is 0 Å². The smallest absolute Gasteiger partial charge is 0.263 e. The number of carbonyl (C=O) groups is 1. The second-order valence-electron chi connectivity index (χ2n) is 6.29. The van der Waals surface area contributed by atoms with Crippen molar-refractivity contribution in [2.45, 2.75) is 25.0 Å². The third kappa shape index (κ3) is 4.68. The van der Waals surface area contributed by atoms with Gasteiger partial charge in [0.05, 0.1) is 31.0 Å². The number of hydrogen-bond acceptors (Lipinski definition) is 7. The Morgan fingerprint density at radius 2 is 2.13 bits per heavy atom. The van der Waals surface area contributed by atoms with Gasteiger partial charge in [-0.2, -0.15) is 0 Å². The maximum absolute atomic E-state index is 12.9. The lowest BCUT2D eigenvalue weighted by Gasteiger charge is -2.12. The predicted molar refractivity (Wildman–Crippen MR) is 122 cm³/mol. The van der Waals surface area contributed by atoms with Crippen LogP contribution >= 0.6 is 23.1 Å². The minimum absolute atomic E-state index is 0.0848. The van der Waals surface area contributed by atoms with Crippen LogP contribution in [0.4, 0.5) is 5.69 Å². The molecule has 0 bridgehead atoms. The van der Waals surface area contributed by atoms with Crippen LogP contribution in [0.3, 0.4) is 0 Å². The Balaban J connectivity index is 1.82. The van der Waals surface area contributed by atoms with Gasteiger partial charge in [-0.3, -0.25) is 14.2 Å². The topological polar surface area (TPSA) is 82.5 Å². The standard InChI is InChI=1S/C21H23N3O4S2/c1-5-9-24-20(26)15-11-14(6-2)30-19(15)23-21(24)29-12-18(25)22-16-10-13(27-3)7-8-17(16)28-4/h5,7-8,10-11H,1,6,9,12H2,2-4H3,(H,22,25). The molecule has 2 heterocycles. The number of anilines is 1. The summed E-state index contributed by atoms with van der Waals surface area (Å²) in [6.45, 7) is 6.09. The van der Waals surface area contributed by atoms with E-state index in [1.54, 1.807) is 36.0 Å². The summed E-state index contributed by atoms with van der Waals surface area (Å²) < 4.78 is 12.0. The number of carbonyl (C=O) groups excluding carboxylic acids is 1. The lowest BCUT2D eigenvalue weighted by atomic mass is 10.2. The highest BCUT2D eigenvalue weighted by Gasteiger charge is 2.16. The molecule has 3 rings (SSSR count). The number of nitrogens with one attached hydrogen (secondary N) is 1. The summed E-state index contributed by atoms with van der Waals surface area (Å²) >= 11 is 2.71. The van der Waals surface area contributed by atoms with Gasteiger partial charge in [0.15, 0.2) is 5.16 Å². The zero-order chi connectivity index (χ0) is 21.7. The molecule has 30 heavy (non-hydrogen) atoms. The first-order chi connectivity index (χ1) is 14.5. The lowest BCUT2D eigenvalue weighted by Crippen LogP contribution is -2.23. The second-order valence-corrected chi connectivity index (χ2v) is 8.34. The number of thioether (sulfide) groups is 1. The van der Waals surface area contributed by atoms with E-state index in [1.165, 1.54) is 30.2 Å². The molecule has 0 aliphatic heterocycles. The van der Waals surface area contributed by atoms with Crippen LogP contribution in [0.2, 0.25) is 0 Å². The lowest BCUT2D eigenvalue weighted by molar-refractivity contribution is -0.113. The molecule has 1 aromatic carbocycles. The van der Waals surface area contributed by atoms with Gasteiger partial charge in [0.1, 0.15) is 16.3 Å². The number of thiophene rings is 1. The van der Waals surface area contributed by atoms with Crippen molar-refractivity contribution in [1.82, 2.24) is 9.55 Å². The number of amides is 1. The summed E-state index contributed by atoms with van der Waals surface area (Å²) in [4.78, 5) is 31.9. The summed E-state index contributed by atoms with van der Waals surface area (Å²) in [5, 5.41) is 3.92. The average molecular weight is 446 g/mol. The van der Waals surface area contributed by atoms with E-state index in [9.17, 15) is 9.59 Å². The number of fused-ring (bicyclic) bond motifs is 1. The molecule has 158 valence electrons. The SMILES string of the molecule is C=CCn1c(SCC(=O)Nc2cc(OC)ccc2OC)nc2sc(CC)cc2c1=O. The quantitative estimate of drug-likeness (QED) is 0.305. The van der Waals surface area contributed by atoms with Gasteiger partial charge in [-0.15, -0.1) is 17.9 Å². The molecule has 3 aromatic rings. The maximum Gasteiger partial charge on any atom is 0.263 e. The normalized spacial score (nSPS) is 10.8. The number of nitrogens with zero attached hydrogens (tertiary/aromatic N) is 2. The number of aryl methyl sites for hydroxylation is 1. The molecule has 0 aliphatic carbocycles. The molecule has 0 unspecified atom stereocenters. The van der Waals surface area contributed by atoms with Gasteiger partial charge in [-0.1, -0.05) is 24.8 Å². The maximum atomic E-state index is 12.9. The van der Waals surface area contributed by atoms with Crippen LogP contribution in [0.5, 0.6) is 11.5 Å². The second kappa shape index (κ2) is 9.82. The third-order valence-electron chi connectivity index (χ3n) is 4.34. The highest BCUT2D eigenvalue weighted by Crippen LogP contribution is 2.29. The molecular weight excluding hydrogens is 422 g/mol. The third-order valence-corrected chi connectivity index (χ3v) is 6.49. The molecule has 0 radical (unpaired) electrons. The number of benzene rings is 1. The molecule has 1 amide bonds. The van der Waals surface area contributed by atoms with Gasteiger partial charge >= 0.3 is 0 Å². The summed E-state index contributed by atoms with van der Waals surface area (Å²) in [5.74, 6) is 0.978. The van der Waals surface area contributed by atoms with Crippen LogP contribution < -0.4 is 20.3 Å². The van der Waals surface area contributed by atoms with Crippen molar-refractivity contribution in [2.75, 3.05) is 25.3 Å². The zero-order valence-electron chi connectivity index (χ0n) is 17.1. The number of allylic oxidation sites excluding steroid dienone is 1. The average Bonchev–Trinajstić information content (AvgIpc) is 3.18. The van der Waals surface area contributed by atoms with Crippen LogP contribution in [-0.4, -0.2) is 35.4 Å². The van der Waals surface area contributed by atoms with Gasteiger partial charge in [0.25, 0.3) is 5.56 Å². The number of ether oxygens (including phenoxy) is 2. The molecule has 0 aliphatic rings.